The minimum absolute atomic E-state index is 0.552. The SMILES string of the molecule is CCCNC(C)CSc1cccc(OC)c1. The number of rotatable bonds is 7. The molecule has 3 heteroatoms. The summed E-state index contributed by atoms with van der Waals surface area (Å²) in [6.45, 7) is 5.51. The molecule has 0 aliphatic heterocycles. The first-order valence-corrected chi connectivity index (χ1v) is 6.75. The lowest BCUT2D eigenvalue weighted by atomic mass is 10.3. The molecule has 0 heterocycles. The molecule has 0 fully saturated rings. The number of methoxy groups -OCH3 is 1. The second-order valence-electron chi connectivity index (χ2n) is 3.85. The Morgan fingerprint density at radius 3 is 2.94 bits per heavy atom. The Labute approximate surface area is 103 Å². The quantitative estimate of drug-likeness (QED) is 0.738. The van der Waals surface area contributed by atoms with Crippen molar-refractivity contribution in [2.75, 3.05) is 19.4 Å². The van der Waals surface area contributed by atoms with Crippen LogP contribution in [0.4, 0.5) is 0 Å². The van der Waals surface area contributed by atoms with Crippen molar-refractivity contribution in [2.24, 2.45) is 0 Å². The Balaban J connectivity index is 2.35. The van der Waals surface area contributed by atoms with Gasteiger partial charge in [-0.05, 0) is 38.1 Å². The second-order valence-corrected chi connectivity index (χ2v) is 4.94. The molecule has 0 aromatic heterocycles. The summed E-state index contributed by atoms with van der Waals surface area (Å²) in [5.41, 5.74) is 0. The van der Waals surface area contributed by atoms with Gasteiger partial charge in [0.25, 0.3) is 0 Å². The fraction of sp³-hybridized carbons (Fsp3) is 0.538. The molecular formula is C13H21NOS. The van der Waals surface area contributed by atoms with Gasteiger partial charge < -0.3 is 10.1 Å². The van der Waals surface area contributed by atoms with Gasteiger partial charge in [0, 0.05) is 16.7 Å². The zero-order valence-electron chi connectivity index (χ0n) is 10.3. The molecule has 0 radical (unpaired) electrons. The van der Waals surface area contributed by atoms with Crippen LogP contribution in [0.1, 0.15) is 20.3 Å². The summed E-state index contributed by atoms with van der Waals surface area (Å²) in [5.74, 6) is 2.02. The number of thioether (sulfide) groups is 1. The molecule has 1 aromatic rings. The van der Waals surface area contributed by atoms with Crippen LogP contribution in [0.15, 0.2) is 29.2 Å². The van der Waals surface area contributed by atoms with E-state index < -0.39 is 0 Å². The lowest BCUT2D eigenvalue weighted by Gasteiger charge is -2.12. The third-order valence-corrected chi connectivity index (χ3v) is 3.54. The van der Waals surface area contributed by atoms with Crippen LogP contribution in [0.5, 0.6) is 5.75 Å². The van der Waals surface area contributed by atoms with E-state index in [2.05, 4.69) is 31.3 Å². The van der Waals surface area contributed by atoms with Crippen molar-refractivity contribution in [3.8, 4) is 5.75 Å². The fourth-order valence-electron chi connectivity index (χ4n) is 1.36. The third-order valence-electron chi connectivity index (χ3n) is 2.28. The maximum absolute atomic E-state index is 5.20. The average Bonchev–Trinajstić information content (AvgIpc) is 2.34. The fourth-order valence-corrected chi connectivity index (χ4v) is 2.30. The van der Waals surface area contributed by atoms with Crippen molar-refractivity contribution < 1.29 is 4.74 Å². The van der Waals surface area contributed by atoms with Crippen LogP contribution in [0, 0.1) is 0 Å². The lowest BCUT2D eigenvalue weighted by molar-refractivity contribution is 0.413. The molecule has 1 N–H and O–H groups in total. The standard InChI is InChI=1S/C13H21NOS/c1-4-8-14-11(2)10-16-13-7-5-6-12(9-13)15-3/h5-7,9,11,14H,4,8,10H2,1-3H3. The van der Waals surface area contributed by atoms with Gasteiger partial charge in [-0.25, -0.2) is 0 Å². The summed E-state index contributed by atoms with van der Waals surface area (Å²) in [7, 11) is 1.70. The van der Waals surface area contributed by atoms with Gasteiger partial charge in [-0.1, -0.05) is 13.0 Å². The lowest BCUT2D eigenvalue weighted by Crippen LogP contribution is -2.28. The van der Waals surface area contributed by atoms with E-state index in [0.29, 0.717) is 6.04 Å². The number of benzene rings is 1. The smallest absolute Gasteiger partial charge is 0.119 e. The molecule has 0 aliphatic rings. The van der Waals surface area contributed by atoms with Gasteiger partial charge in [0.05, 0.1) is 7.11 Å². The monoisotopic (exact) mass is 239 g/mol. The van der Waals surface area contributed by atoms with E-state index in [1.54, 1.807) is 7.11 Å². The summed E-state index contributed by atoms with van der Waals surface area (Å²) in [5, 5.41) is 3.48. The van der Waals surface area contributed by atoms with E-state index >= 15 is 0 Å². The zero-order chi connectivity index (χ0) is 11.8. The summed E-state index contributed by atoms with van der Waals surface area (Å²) >= 11 is 1.87. The van der Waals surface area contributed by atoms with E-state index in [1.165, 1.54) is 11.3 Å². The maximum Gasteiger partial charge on any atom is 0.119 e. The van der Waals surface area contributed by atoms with Gasteiger partial charge in [0.2, 0.25) is 0 Å². The molecule has 1 rings (SSSR count). The van der Waals surface area contributed by atoms with Gasteiger partial charge in [-0.15, -0.1) is 11.8 Å². The molecule has 1 aromatic carbocycles. The highest BCUT2D eigenvalue weighted by Gasteiger charge is 2.02. The summed E-state index contributed by atoms with van der Waals surface area (Å²) in [6.07, 6.45) is 1.19. The molecule has 0 spiro atoms. The predicted octanol–water partition coefficient (Wildman–Crippen LogP) is 3.18. The predicted molar refractivity (Wildman–Crippen MR) is 71.5 cm³/mol. The molecular weight excluding hydrogens is 218 g/mol. The topological polar surface area (TPSA) is 21.3 Å². The average molecular weight is 239 g/mol. The van der Waals surface area contributed by atoms with Crippen LogP contribution in [0.3, 0.4) is 0 Å². The van der Waals surface area contributed by atoms with E-state index in [1.807, 2.05) is 23.9 Å². The third kappa shape index (κ3) is 4.90. The number of ether oxygens (including phenoxy) is 1. The molecule has 0 bridgehead atoms. The number of hydrogen-bond acceptors (Lipinski definition) is 3. The number of nitrogens with one attached hydrogen (secondary N) is 1. The van der Waals surface area contributed by atoms with Gasteiger partial charge in [-0.2, -0.15) is 0 Å². The summed E-state index contributed by atoms with van der Waals surface area (Å²) in [6, 6.07) is 8.77. The Hall–Kier alpha value is -0.670. The zero-order valence-corrected chi connectivity index (χ0v) is 11.1. The van der Waals surface area contributed by atoms with E-state index in [9.17, 15) is 0 Å². The van der Waals surface area contributed by atoms with Crippen LogP contribution < -0.4 is 10.1 Å². The van der Waals surface area contributed by atoms with Crippen molar-refractivity contribution in [1.82, 2.24) is 5.32 Å². The van der Waals surface area contributed by atoms with Gasteiger partial charge >= 0.3 is 0 Å². The Bertz CT molecular complexity index is 304. The molecule has 1 unspecified atom stereocenters. The summed E-state index contributed by atoms with van der Waals surface area (Å²) in [4.78, 5) is 1.27. The number of hydrogen-bond donors (Lipinski definition) is 1. The Kier molecular flexibility index (Phi) is 6.34. The first-order chi connectivity index (χ1) is 7.76. The highest BCUT2D eigenvalue weighted by Crippen LogP contribution is 2.23. The Morgan fingerprint density at radius 2 is 2.25 bits per heavy atom. The molecule has 2 nitrogen and oxygen atoms in total. The molecule has 1 atom stereocenters. The van der Waals surface area contributed by atoms with E-state index in [4.69, 9.17) is 4.74 Å². The minimum Gasteiger partial charge on any atom is -0.497 e. The van der Waals surface area contributed by atoms with Crippen LogP contribution in [-0.2, 0) is 0 Å². The molecule has 16 heavy (non-hydrogen) atoms. The largest absolute Gasteiger partial charge is 0.497 e. The maximum atomic E-state index is 5.20. The normalized spacial score (nSPS) is 12.4. The van der Waals surface area contributed by atoms with Crippen molar-refractivity contribution in [2.45, 2.75) is 31.2 Å². The first-order valence-electron chi connectivity index (χ1n) is 5.76. The van der Waals surface area contributed by atoms with Crippen LogP contribution in [0.25, 0.3) is 0 Å². The van der Waals surface area contributed by atoms with E-state index in [-0.39, 0.29) is 0 Å². The Morgan fingerprint density at radius 1 is 1.44 bits per heavy atom. The van der Waals surface area contributed by atoms with Gasteiger partial charge in [0.15, 0.2) is 0 Å². The van der Waals surface area contributed by atoms with Crippen molar-refractivity contribution >= 4 is 11.8 Å². The van der Waals surface area contributed by atoms with Crippen LogP contribution in [-0.4, -0.2) is 25.4 Å². The molecule has 0 aliphatic carbocycles. The van der Waals surface area contributed by atoms with Gasteiger partial charge in [0.1, 0.15) is 5.75 Å². The first kappa shape index (κ1) is 13.4. The van der Waals surface area contributed by atoms with Crippen molar-refractivity contribution in [3.63, 3.8) is 0 Å². The van der Waals surface area contributed by atoms with Crippen LogP contribution in [0.2, 0.25) is 0 Å². The van der Waals surface area contributed by atoms with Crippen LogP contribution >= 0.6 is 11.8 Å². The minimum atomic E-state index is 0.552. The highest BCUT2D eigenvalue weighted by atomic mass is 32.2. The summed E-state index contributed by atoms with van der Waals surface area (Å²) < 4.78 is 5.20. The molecule has 0 saturated heterocycles. The van der Waals surface area contributed by atoms with E-state index in [0.717, 1.165) is 18.0 Å². The molecule has 90 valence electrons. The highest BCUT2D eigenvalue weighted by molar-refractivity contribution is 7.99. The molecule has 0 saturated carbocycles. The van der Waals surface area contributed by atoms with Gasteiger partial charge in [-0.3, -0.25) is 0 Å². The van der Waals surface area contributed by atoms with Crippen molar-refractivity contribution in [3.05, 3.63) is 24.3 Å². The second kappa shape index (κ2) is 7.58. The molecule has 0 amide bonds. The van der Waals surface area contributed by atoms with Crippen molar-refractivity contribution in [1.29, 1.82) is 0 Å².